The molecule has 0 N–H and O–H groups in total. The van der Waals surface area contributed by atoms with Gasteiger partial charge in [0.25, 0.3) is 0 Å². The van der Waals surface area contributed by atoms with Crippen LogP contribution in [0.15, 0.2) is 62.6 Å². The molecule has 3 heterocycles. The predicted octanol–water partition coefficient (Wildman–Crippen LogP) is 4.71. The Kier molecular flexibility index (Phi) is 4.85. The summed E-state index contributed by atoms with van der Waals surface area (Å²) in [6.07, 6.45) is 1.67. The standard InChI is InChI=1S/C18H17N5OS2/c1-12(2)15-19-18(26-22-15)25-17-21-20-16(13-7-4-3-5-8-13)23(17)11-14-9-6-10-24-14/h3-10,12H,11H2,1-2H3. The van der Waals surface area contributed by atoms with Crippen LogP contribution in [0, 0.1) is 0 Å². The molecule has 4 rings (SSSR count). The number of nitrogens with zero attached hydrogens (tertiary/aromatic N) is 5. The topological polar surface area (TPSA) is 69.6 Å². The lowest BCUT2D eigenvalue weighted by Gasteiger charge is -2.07. The van der Waals surface area contributed by atoms with Crippen LogP contribution >= 0.6 is 23.3 Å². The van der Waals surface area contributed by atoms with E-state index in [0.717, 1.165) is 32.5 Å². The molecule has 0 amide bonds. The van der Waals surface area contributed by atoms with Crippen LogP contribution in [0.2, 0.25) is 0 Å². The summed E-state index contributed by atoms with van der Waals surface area (Å²) in [4.78, 5) is 4.59. The van der Waals surface area contributed by atoms with Gasteiger partial charge in [-0.25, -0.2) is 4.98 Å². The number of hydrogen-bond acceptors (Lipinski definition) is 7. The van der Waals surface area contributed by atoms with E-state index >= 15 is 0 Å². The number of benzene rings is 1. The molecular formula is C18H17N5OS2. The molecule has 4 aromatic rings. The fraction of sp³-hybridized carbons (Fsp3) is 0.222. The van der Waals surface area contributed by atoms with Crippen molar-refractivity contribution in [2.75, 3.05) is 0 Å². The van der Waals surface area contributed by atoms with E-state index < -0.39 is 0 Å². The third-order valence-corrected chi connectivity index (χ3v) is 5.51. The van der Waals surface area contributed by atoms with Gasteiger partial charge in [-0.2, -0.15) is 4.37 Å². The first-order valence-electron chi connectivity index (χ1n) is 8.23. The Bertz CT molecular complexity index is 976. The van der Waals surface area contributed by atoms with Crippen molar-refractivity contribution >= 4 is 23.3 Å². The van der Waals surface area contributed by atoms with Crippen LogP contribution in [0.1, 0.15) is 31.4 Å². The van der Waals surface area contributed by atoms with Gasteiger partial charge in [0.1, 0.15) is 11.6 Å². The zero-order valence-electron chi connectivity index (χ0n) is 14.4. The molecule has 3 aromatic heterocycles. The quantitative estimate of drug-likeness (QED) is 0.480. The fourth-order valence-electron chi connectivity index (χ4n) is 2.44. The van der Waals surface area contributed by atoms with Crippen molar-refractivity contribution in [2.45, 2.75) is 35.8 Å². The Hall–Kier alpha value is -2.45. The summed E-state index contributed by atoms with van der Waals surface area (Å²) >= 11 is 2.87. The maximum absolute atomic E-state index is 5.53. The summed E-state index contributed by atoms with van der Waals surface area (Å²) in [5.74, 6) is 2.82. The maximum Gasteiger partial charge on any atom is 0.199 e. The molecule has 0 aliphatic rings. The predicted molar refractivity (Wildman–Crippen MR) is 101 cm³/mol. The second-order valence-corrected chi connectivity index (χ2v) is 7.98. The van der Waals surface area contributed by atoms with Crippen LogP contribution in [-0.2, 0) is 6.54 Å². The summed E-state index contributed by atoms with van der Waals surface area (Å²) in [6, 6.07) is 13.9. The summed E-state index contributed by atoms with van der Waals surface area (Å²) in [5.41, 5.74) is 1.01. The summed E-state index contributed by atoms with van der Waals surface area (Å²) in [7, 11) is 0. The van der Waals surface area contributed by atoms with Crippen LogP contribution in [0.3, 0.4) is 0 Å². The van der Waals surface area contributed by atoms with Crippen molar-refractivity contribution in [3.05, 3.63) is 60.3 Å². The molecule has 1 aromatic carbocycles. The van der Waals surface area contributed by atoms with E-state index in [1.54, 1.807) is 6.26 Å². The highest BCUT2D eigenvalue weighted by Crippen LogP contribution is 2.32. The highest BCUT2D eigenvalue weighted by Gasteiger charge is 2.18. The summed E-state index contributed by atoms with van der Waals surface area (Å²) in [5, 5.41) is 9.58. The summed E-state index contributed by atoms with van der Waals surface area (Å²) in [6.45, 7) is 4.73. The van der Waals surface area contributed by atoms with Gasteiger partial charge in [0.15, 0.2) is 15.3 Å². The van der Waals surface area contributed by atoms with Crippen LogP contribution in [0.5, 0.6) is 0 Å². The van der Waals surface area contributed by atoms with Gasteiger partial charge in [0, 0.05) is 11.5 Å². The first-order valence-corrected chi connectivity index (χ1v) is 9.82. The first-order chi connectivity index (χ1) is 12.7. The van der Waals surface area contributed by atoms with Gasteiger partial charge >= 0.3 is 0 Å². The molecular weight excluding hydrogens is 366 g/mol. The highest BCUT2D eigenvalue weighted by atomic mass is 32.2. The molecule has 0 atom stereocenters. The highest BCUT2D eigenvalue weighted by molar-refractivity contribution is 8.00. The van der Waals surface area contributed by atoms with E-state index in [0.29, 0.717) is 12.5 Å². The zero-order valence-corrected chi connectivity index (χ0v) is 16.0. The Morgan fingerprint density at radius 1 is 1.12 bits per heavy atom. The van der Waals surface area contributed by atoms with Crippen molar-refractivity contribution in [2.24, 2.45) is 0 Å². The van der Waals surface area contributed by atoms with Gasteiger partial charge in [-0.1, -0.05) is 44.2 Å². The lowest BCUT2D eigenvalue weighted by atomic mass is 10.2. The number of furan rings is 1. The van der Waals surface area contributed by atoms with Crippen molar-refractivity contribution in [3.63, 3.8) is 0 Å². The van der Waals surface area contributed by atoms with Gasteiger partial charge in [-0.15, -0.1) is 10.2 Å². The lowest BCUT2D eigenvalue weighted by molar-refractivity contribution is 0.485. The fourth-order valence-corrected chi connectivity index (χ4v) is 4.12. The van der Waals surface area contributed by atoms with E-state index in [9.17, 15) is 0 Å². The molecule has 0 radical (unpaired) electrons. The minimum Gasteiger partial charge on any atom is -0.467 e. The number of hydrogen-bond donors (Lipinski definition) is 0. The molecule has 0 spiro atoms. The number of aromatic nitrogens is 5. The largest absolute Gasteiger partial charge is 0.467 e. The molecule has 0 aliphatic carbocycles. The molecule has 0 fully saturated rings. The van der Waals surface area contributed by atoms with Gasteiger partial charge in [0.2, 0.25) is 0 Å². The van der Waals surface area contributed by atoms with E-state index in [4.69, 9.17) is 4.42 Å². The van der Waals surface area contributed by atoms with Gasteiger partial charge in [-0.3, -0.25) is 4.57 Å². The van der Waals surface area contributed by atoms with E-state index in [1.165, 1.54) is 23.3 Å². The minimum atomic E-state index is 0.307. The van der Waals surface area contributed by atoms with Crippen LogP contribution in [0.4, 0.5) is 0 Å². The van der Waals surface area contributed by atoms with E-state index in [1.807, 2.05) is 42.5 Å². The Balaban J connectivity index is 1.70. The maximum atomic E-state index is 5.53. The molecule has 26 heavy (non-hydrogen) atoms. The zero-order chi connectivity index (χ0) is 17.9. The smallest absolute Gasteiger partial charge is 0.199 e. The van der Waals surface area contributed by atoms with Crippen molar-refractivity contribution in [3.8, 4) is 11.4 Å². The van der Waals surface area contributed by atoms with Gasteiger partial charge < -0.3 is 4.42 Å². The van der Waals surface area contributed by atoms with Gasteiger partial charge in [0.05, 0.1) is 12.8 Å². The van der Waals surface area contributed by atoms with E-state index in [-0.39, 0.29) is 0 Å². The summed E-state index contributed by atoms with van der Waals surface area (Å²) < 4.78 is 12.9. The van der Waals surface area contributed by atoms with Crippen molar-refractivity contribution in [1.82, 2.24) is 24.1 Å². The molecule has 0 aliphatic heterocycles. The second kappa shape index (κ2) is 7.43. The lowest BCUT2D eigenvalue weighted by Crippen LogP contribution is -2.03. The minimum absolute atomic E-state index is 0.307. The van der Waals surface area contributed by atoms with E-state index in [2.05, 4.69) is 38.0 Å². The second-order valence-electron chi connectivity index (χ2n) is 6.01. The third kappa shape index (κ3) is 3.56. The molecule has 8 heteroatoms. The average molecular weight is 384 g/mol. The third-order valence-electron chi connectivity index (χ3n) is 3.76. The van der Waals surface area contributed by atoms with Crippen molar-refractivity contribution in [1.29, 1.82) is 0 Å². The Morgan fingerprint density at radius 3 is 2.65 bits per heavy atom. The Labute approximate surface area is 159 Å². The molecule has 0 saturated heterocycles. The number of rotatable bonds is 6. The van der Waals surface area contributed by atoms with Gasteiger partial charge in [-0.05, 0) is 35.4 Å². The molecule has 0 bridgehead atoms. The average Bonchev–Trinajstić information content (AvgIpc) is 3.39. The monoisotopic (exact) mass is 383 g/mol. The molecule has 0 saturated carbocycles. The molecule has 132 valence electrons. The van der Waals surface area contributed by atoms with Crippen LogP contribution in [0.25, 0.3) is 11.4 Å². The van der Waals surface area contributed by atoms with Crippen LogP contribution in [-0.4, -0.2) is 24.1 Å². The Morgan fingerprint density at radius 2 is 1.96 bits per heavy atom. The van der Waals surface area contributed by atoms with Crippen LogP contribution < -0.4 is 0 Å². The SMILES string of the molecule is CC(C)c1nsc(Sc2nnc(-c3ccccc3)n2Cc2ccco2)n1. The molecule has 0 unspecified atom stereocenters. The first kappa shape index (κ1) is 17.0. The molecule has 6 nitrogen and oxygen atoms in total. The van der Waals surface area contributed by atoms with Crippen molar-refractivity contribution < 1.29 is 4.42 Å². The normalized spacial score (nSPS) is 11.3.